The Labute approximate surface area is 175 Å². The average molecular weight is 407 g/mol. The summed E-state index contributed by atoms with van der Waals surface area (Å²) in [5, 5.41) is 3.97. The largest absolute Gasteiger partial charge is 0.361 e. The summed E-state index contributed by atoms with van der Waals surface area (Å²) in [6.07, 6.45) is 3.58. The fraction of sp³-hybridized carbons (Fsp3) is 0.435. The van der Waals surface area contributed by atoms with Crippen molar-refractivity contribution in [3.05, 3.63) is 65.1 Å². The molecule has 2 fully saturated rings. The van der Waals surface area contributed by atoms with Gasteiger partial charge in [0.2, 0.25) is 11.8 Å². The van der Waals surface area contributed by atoms with Crippen LogP contribution in [-0.2, 0) is 27.4 Å². The third kappa shape index (κ3) is 2.96. The summed E-state index contributed by atoms with van der Waals surface area (Å²) in [7, 11) is 1.73. The minimum atomic E-state index is -0.697. The number of fused-ring (bicyclic) bond motifs is 1. The highest BCUT2D eigenvalue weighted by Crippen LogP contribution is 2.52. The molecule has 1 spiro atoms. The molecular formula is C23H25N3O4. The molecule has 0 aliphatic carbocycles. The zero-order chi connectivity index (χ0) is 21.0. The third-order valence-electron chi connectivity index (χ3n) is 6.37. The van der Waals surface area contributed by atoms with Crippen molar-refractivity contribution >= 4 is 11.8 Å². The molecule has 7 nitrogen and oxygen atoms in total. The Bertz CT molecular complexity index is 1040. The molecule has 2 saturated heterocycles. The lowest BCUT2D eigenvalue weighted by Crippen LogP contribution is -2.44. The first-order valence-corrected chi connectivity index (χ1v) is 10.2. The van der Waals surface area contributed by atoms with Gasteiger partial charge in [0.15, 0.2) is 0 Å². The summed E-state index contributed by atoms with van der Waals surface area (Å²) in [4.78, 5) is 30.1. The molecule has 2 unspecified atom stereocenters. The Morgan fingerprint density at radius 2 is 2.17 bits per heavy atom. The lowest BCUT2D eigenvalue weighted by molar-refractivity contribution is -0.143. The molecule has 4 heterocycles. The number of hydrogen-bond acceptors (Lipinski definition) is 5. The second kappa shape index (κ2) is 6.80. The van der Waals surface area contributed by atoms with Crippen molar-refractivity contribution in [1.82, 2.24) is 15.0 Å². The number of likely N-dealkylation sites (tertiary alicyclic amines) is 1. The van der Waals surface area contributed by atoms with E-state index >= 15 is 0 Å². The molecule has 3 aliphatic heterocycles. The maximum Gasteiger partial charge on any atom is 0.230 e. The van der Waals surface area contributed by atoms with Crippen LogP contribution in [0.2, 0.25) is 0 Å². The molecule has 5 rings (SSSR count). The van der Waals surface area contributed by atoms with Crippen LogP contribution in [0, 0.1) is 25.7 Å². The highest BCUT2D eigenvalue weighted by atomic mass is 16.5. The monoisotopic (exact) mass is 407 g/mol. The SMILES string of the molecule is Cc1cccc(CN2C[C@@]34C=C[C@@H](O3)C(C(=O)N(C)Cc3cc(C)on3)C4C2=O)c1. The number of hydrogen-bond donors (Lipinski definition) is 0. The zero-order valence-corrected chi connectivity index (χ0v) is 17.4. The molecule has 4 atom stereocenters. The first-order chi connectivity index (χ1) is 14.4. The van der Waals surface area contributed by atoms with Gasteiger partial charge in [-0.2, -0.15) is 0 Å². The Morgan fingerprint density at radius 1 is 1.33 bits per heavy atom. The smallest absolute Gasteiger partial charge is 0.230 e. The maximum absolute atomic E-state index is 13.4. The van der Waals surface area contributed by atoms with Crippen LogP contribution in [0.3, 0.4) is 0 Å². The van der Waals surface area contributed by atoms with Crippen molar-refractivity contribution in [2.24, 2.45) is 11.8 Å². The van der Waals surface area contributed by atoms with Gasteiger partial charge in [0, 0.05) is 19.7 Å². The van der Waals surface area contributed by atoms with E-state index < -0.39 is 17.4 Å². The second-order valence-corrected chi connectivity index (χ2v) is 8.71. The molecule has 0 N–H and O–H groups in total. The first kappa shape index (κ1) is 19.1. The summed E-state index contributed by atoms with van der Waals surface area (Å²) in [5.74, 6) is -0.391. The number of carbonyl (C=O) groups is 2. The van der Waals surface area contributed by atoms with E-state index in [2.05, 4.69) is 11.2 Å². The van der Waals surface area contributed by atoms with Crippen LogP contribution in [0.5, 0.6) is 0 Å². The highest BCUT2D eigenvalue weighted by molar-refractivity contribution is 5.93. The van der Waals surface area contributed by atoms with Gasteiger partial charge in [0.1, 0.15) is 17.1 Å². The maximum atomic E-state index is 13.4. The topological polar surface area (TPSA) is 75.9 Å². The van der Waals surface area contributed by atoms with E-state index in [1.807, 2.05) is 55.2 Å². The van der Waals surface area contributed by atoms with Crippen molar-refractivity contribution in [2.75, 3.05) is 13.6 Å². The molecule has 3 aliphatic rings. The minimum absolute atomic E-state index is 0.00705. The van der Waals surface area contributed by atoms with Gasteiger partial charge in [-0.3, -0.25) is 9.59 Å². The predicted molar refractivity (Wildman–Crippen MR) is 108 cm³/mol. The number of ether oxygens (including phenoxy) is 1. The molecular weight excluding hydrogens is 382 g/mol. The average Bonchev–Trinajstić information content (AvgIpc) is 3.44. The van der Waals surface area contributed by atoms with Gasteiger partial charge in [-0.1, -0.05) is 47.1 Å². The van der Waals surface area contributed by atoms with Crippen molar-refractivity contribution in [3.63, 3.8) is 0 Å². The lowest BCUT2D eigenvalue weighted by atomic mass is 9.76. The van der Waals surface area contributed by atoms with Gasteiger partial charge >= 0.3 is 0 Å². The second-order valence-electron chi connectivity index (χ2n) is 8.71. The van der Waals surface area contributed by atoms with Crippen molar-refractivity contribution in [2.45, 2.75) is 38.6 Å². The van der Waals surface area contributed by atoms with Gasteiger partial charge in [0.05, 0.1) is 31.0 Å². The number of benzene rings is 1. The summed E-state index contributed by atoms with van der Waals surface area (Å²) >= 11 is 0. The normalized spacial score (nSPS) is 29.0. The van der Waals surface area contributed by atoms with Crippen LogP contribution in [0.4, 0.5) is 0 Å². The number of rotatable bonds is 5. The van der Waals surface area contributed by atoms with E-state index in [0.717, 1.165) is 11.1 Å². The molecule has 1 aromatic heterocycles. The third-order valence-corrected chi connectivity index (χ3v) is 6.37. The Balaban J connectivity index is 1.36. The number of aryl methyl sites for hydroxylation is 2. The summed E-state index contributed by atoms with van der Waals surface area (Å²) in [5.41, 5.74) is 2.24. The molecule has 0 radical (unpaired) electrons. The van der Waals surface area contributed by atoms with E-state index in [1.165, 1.54) is 0 Å². The predicted octanol–water partition coefficient (Wildman–Crippen LogP) is 2.23. The molecule has 2 aromatic rings. The van der Waals surface area contributed by atoms with Gasteiger partial charge in [-0.05, 0) is 19.4 Å². The molecule has 30 heavy (non-hydrogen) atoms. The van der Waals surface area contributed by atoms with E-state index in [4.69, 9.17) is 9.26 Å². The number of aromatic nitrogens is 1. The van der Waals surface area contributed by atoms with Crippen LogP contribution in [0.15, 0.2) is 47.0 Å². The highest BCUT2D eigenvalue weighted by Gasteiger charge is 2.67. The van der Waals surface area contributed by atoms with Gasteiger partial charge in [0.25, 0.3) is 0 Å². The molecule has 0 saturated carbocycles. The van der Waals surface area contributed by atoms with Crippen molar-refractivity contribution in [3.8, 4) is 0 Å². The number of nitrogens with zero attached hydrogens (tertiary/aromatic N) is 3. The Morgan fingerprint density at radius 3 is 2.90 bits per heavy atom. The quantitative estimate of drug-likeness (QED) is 0.711. The fourth-order valence-corrected chi connectivity index (χ4v) is 5.09. The van der Waals surface area contributed by atoms with Gasteiger partial charge in [-0.25, -0.2) is 0 Å². The van der Waals surface area contributed by atoms with Crippen LogP contribution < -0.4 is 0 Å². The number of amides is 2. The Hall–Kier alpha value is -2.93. The van der Waals surface area contributed by atoms with Crippen molar-refractivity contribution in [1.29, 1.82) is 0 Å². The Kier molecular flexibility index (Phi) is 4.32. The lowest BCUT2D eigenvalue weighted by Gasteiger charge is -2.27. The summed E-state index contributed by atoms with van der Waals surface area (Å²) in [6.45, 7) is 5.20. The first-order valence-electron chi connectivity index (χ1n) is 10.2. The molecule has 2 amide bonds. The zero-order valence-electron chi connectivity index (χ0n) is 17.4. The van der Waals surface area contributed by atoms with Gasteiger partial charge in [-0.15, -0.1) is 0 Å². The fourth-order valence-electron chi connectivity index (χ4n) is 5.09. The summed E-state index contributed by atoms with van der Waals surface area (Å²) in [6, 6.07) is 9.96. The van der Waals surface area contributed by atoms with E-state index in [1.54, 1.807) is 11.9 Å². The van der Waals surface area contributed by atoms with Crippen LogP contribution in [0.1, 0.15) is 22.6 Å². The van der Waals surface area contributed by atoms with Crippen molar-refractivity contribution < 1.29 is 18.8 Å². The molecule has 2 bridgehead atoms. The van der Waals surface area contributed by atoms with E-state index in [-0.39, 0.29) is 17.9 Å². The number of carbonyl (C=O) groups excluding carboxylic acids is 2. The minimum Gasteiger partial charge on any atom is -0.361 e. The molecule has 1 aromatic carbocycles. The summed E-state index contributed by atoms with van der Waals surface area (Å²) < 4.78 is 11.3. The standard InChI is InChI=1S/C23H25N3O4/c1-14-5-4-6-16(9-14)11-26-13-23-8-7-18(29-23)19(20(23)22(26)28)21(27)25(3)12-17-10-15(2)30-24-17/h4-10,18-20H,11-13H2,1-3H3/t18-,19?,20?,23-/m1/s1. The van der Waals surface area contributed by atoms with E-state index in [0.29, 0.717) is 31.1 Å². The van der Waals surface area contributed by atoms with Crippen LogP contribution in [0.25, 0.3) is 0 Å². The van der Waals surface area contributed by atoms with E-state index in [9.17, 15) is 9.59 Å². The molecule has 156 valence electrons. The van der Waals surface area contributed by atoms with Gasteiger partial charge < -0.3 is 19.1 Å². The van der Waals surface area contributed by atoms with Crippen LogP contribution >= 0.6 is 0 Å². The van der Waals surface area contributed by atoms with Crippen LogP contribution in [-0.4, -0.2) is 52.1 Å². The molecule has 7 heteroatoms.